The van der Waals surface area contributed by atoms with Gasteiger partial charge >= 0.3 is 0 Å². The molecule has 0 unspecified atom stereocenters. The number of hydrogen-bond donors (Lipinski definition) is 1. The van der Waals surface area contributed by atoms with Gasteiger partial charge in [0.25, 0.3) is 5.91 Å². The van der Waals surface area contributed by atoms with Crippen molar-refractivity contribution in [1.82, 2.24) is 0 Å². The number of likely N-dealkylation sites (N-methyl/N-ethyl adjacent to an activating group) is 1. The van der Waals surface area contributed by atoms with E-state index in [-0.39, 0.29) is 5.91 Å². The molecule has 2 aromatic rings. The van der Waals surface area contributed by atoms with E-state index in [9.17, 15) is 9.90 Å². The summed E-state index contributed by atoms with van der Waals surface area (Å²) in [7, 11) is 1.69. The molecule has 0 fully saturated rings. The Morgan fingerprint density at radius 2 is 2.00 bits per heavy atom. The van der Waals surface area contributed by atoms with Gasteiger partial charge in [-0.2, -0.15) is 0 Å². The number of benzene rings is 1. The Labute approximate surface area is 104 Å². The lowest BCUT2D eigenvalue weighted by Gasteiger charge is -2.24. The van der Waals surface area contributed by atoms with Crippen LogP contribution in [0.15, 0.2) is 29.6 Å². The third kappa shape index (κ3) is 2.18. The number of amides is 1. The second kappa shape index (κ2) is 4.13. The van der Waals surface area contributed by atoms with E-state index in [1.54, 1.807) is 18.4 Å². The maximum absolute atomic E-state index is 12.0. The summed E-state index contributed by atoms with van der Waals surface area (Å²) in [4.78, 5) is 13.5. The number of aliphatic hydroxyl groups is 1. The molecule has 3 nitrogen and oxygen atoms in total. The van der Waals surface area contributed by atoms with Crippen molar-refractivity contribution in [3.05, 3.63) is 29.6 Å². The van der Waals surface area contributed by atoms with E-state index in [1.165, 1.54) is 18.7 Å². The molecule has 0 aliphatic carbocycles. The summed E-state index contributed by atoms with van der Waals surface area (Å²) in [6.45, 7) is 3.00. The standard InChI is InChI=1S/C13H15NO2S/c1-13(2,16)12(15)14(3)10-8-17-11-7-5-4-6-9(10)11/h4-8,16H,1-3H3. The summed E-state index contributed by atoms with van der Waals surface area (Å²) in [5.74, 6) is -0.305. The van der Waals surface area contributed by atoms with Gasteiger partial charge in [-0.1, -0.05) is 18.2 Å². The third-order valence-corrected chi connectivity index (χ3v) is 3.60. The first-order valence-electron chi connectivity index (χ1n) is 5.38. The highest BCUT2D eigenvalue weighted by Crippen LogP contribution is 2.32. The van der Waals surface area contributed by atoms with Crippen LogP contribution in [0.5, 0.6) is 0 Å². The fourth-order valence-corrected chi connectivity index (χ4v) is 2.72. The average Bonchev–Trinajstić information content (AvgIpc) is 2.69. The molecule has 0 aliphatic rings. The van der Waals surface area contributed by atoms with E-state index < -0.39 is 5.60 Å². The van der Waals surface area contributed by atoms with Gasteiger partial charge in [0.15, 0.2) is 0 Å². The van der Waals surface area contributed by atoms with Crippen molar-refractivity contribution in [1.29, 1.82) is 0 Å². The van der Waals surface area contributed by atoms with E-state index in [0.717, 1.165) is 15.8 Å². The third-order valence-electron chi connectivity index (χ3n) is 2.65. The van der Waals surface area contributed by atoms with Gasteiger partial charge in [0.2, 0.25) is 0 Å². The summed E-state index contributed by atoms with van der Waals surface area (Å²) in [6.07, 6.45) is 0. The number of carbonyl (C=O) groups excluding carboxylic acids is 1. The summed E-state index contributed by atoms with van der Waals surface area (Å²) in [6, 6.07) is 7.92. The topological polar surface area (TPSA) is 40.5 Å². The van der Waals surface area contributed by atoms with Crippen LogP contribution in [-0.2, 0) is 4.79 Å². The molecular formula is C13H15NO2S. The van der Waals surface area contributed by atoms with Crippen molar-refractivity contribution >= 4 is 33.0 Å². The van der Waals surface area contributed by atoms with Crippen molar-refractivity contribution in [2.75, 3.05) is 11.9 Å². The average molecular weight is 249 g/mol. The van der Waals surface area contributed by atoms with Crippen LogP contribution in [0.3, 0.4) is 0 Å². The van der Waals surface area contributed by atoms with E-state index in [0.29, 0.717) is 0 Å². The van der Waals surface area contributed by atoms with Gasteiger partial charge in [0.05, 0.1) is 5.69 Å². The zero-order chi connectivity index (χ0) is 12.6. The minimum absolute atomic E-state index is 0.305. The smallest absolute Gasteiger partial charge is 0.258 e. The molecule has 90 valence electrons. The van der Waals surface area contributed by atoms with Gasteiger partial charge in [0, 0.05) is 22.5 Å². The Hall–Kier alpha value is -1.39. The fraction of sp³-hybridized carbons (Fsp3) is 0.308. The minimum atomic E-state index is -1.35. The van der Waals surface area contributed by atoms with Crippen LogP contribution in [0, 0.1) is 0 Å². The molecule has 1 heterocycles. The molecule has 1 N–H and O–H groups in total. The predicted molar refractivity (Wildman–Crippen MR) is 71.5 cm³/mol. The summed E-state index contributed by atoms with van der Waals surface area (Å²) >= 11 is 1.59. The second-order valence-electron chi connectivity index (χ2n) is 4.54. The Bertz CT molecular complexity index is 554. The molecule has 0 radical (unpaired) electrons. The molecule has 0 saturated carbocycles. The van der Waals surface area contributed by atoms with Crippen LogP contribution >= 0.6 is 11.3 Å². The van der Waals surface area contributed by atoms with Crippen molar-refractivity contribution in [3.8, 4) is 0 Å². The molecule has 0 saturated heterocycles. The largest absolute Gasteiger partial charge is 0.381 e. The predicted octanol–water partition coefficient (Wildman–Crippen LogP) is 2.64. The molecule has 0 bridgehead atoms. The summed E-state index contributed by atoms with van der Waals surface area (Å²) < 4.78 is 1.14. The zero-order valence-electron chi connectivity index (χ0n) is 10.1. The van der Waals surface area contributed by atoms with Crippen LogP contribution in [0.4, 0.5) is 5.69 Å². The molecule has 1 amide bonds. The SMILES string of the molecule is CN(C(=O)C(C)(C)O)c1csc2ccccc12. The molecule has 4 heteroatoms. The van der Waals surface area contributed by atoms with Crippen molar-refractivity contribution in [2.45, 2.75) is 19.4 Å². The number of fused-ring (bicyclic) bond motifs is 1. The number of thiophene rings is 1. The highest BCUT2D eigenvalue weighted by atomic mass is 32.1. The highest BCUT2D eigenvalue weighted by Gasteiger charge is 2.29. The van der Waals surface area contributed by atoms with Crippen LogP contribution < -0.4 is 4.90 Å². The Balaban J connectivity index is 2.44. The van der Waals surface area contributed by atoms with Gasteiger partial charge in [-0.3, -0.25) is 4.79 Å². The summed E-state index contributed by atoms with van der Waals surface area (Å²) in [5, 5.41) is 12.7. The van der Waals surface area contributed by atoms with E-state index in [4.69, 9.17) is 0 Å². The first-order valence-corrected chi connectivity index (χ1v) is 6.26. The van der Waals surface area contributed by atoms with Crippen molar-refractivity contribution in [3.63, 3.8) is 0 Å². The number of carbonyl (C=O) groups is 1. The Morgan fingerprint density at radius 3 is 2.65 bits per heavy atom. The maximum atomic E-state index is 12.0. The molecule has 2 rings (SSSR count). The molecule has 1 aromatic heterocycles. The van der Waals surface area contributed by atoms with Gasteiger partial charge in [-0.25, -0.2) is 0 Å². The first kappa shape index (κ1) is 12.1. The van der Waals surface area contributed by atoms with Crippen LogP contribution in [0.2, 0.25) is 0 Å². The van der Waals surface area contributed by atoms with Gasteiger partial charge in [-0.05, 0) is 19.9 Å². The maximum Gasteiger partial charge on any atom is 0.258 e. The van der Waals surface area contributed by atoms with E-state index in [1.807, 2.05) is 29.6 Å². The number of rotatable bonds is 2. The highest BCUT2D eigenvalue weighted by molar-refractivity contribution is 7.17. The number of nitrogens with zero attached hydrogens (tertiary/aromatic N) is 1. The van der Waals surface area contributed by atoms with Crippen LogP contribution in [-0.4, -0.2) is 23.7 Å². The van der Waals surface area contributed by atoms with Crippen molar-refractivity contribution < 1.29 is 9.90 Å². The quantitative estimate of drug-likeness (QED) is 0.888. The lowest BCUT2D eigenvalue weighted by atomic mass is 10.1. The van der Waals surface area contributed by atoms with Crippen LogP contribution in [0.1, 0.15) is 13.8 Å². The molecule has 17 heavy (non-hydrogen) atoms. The molecule has 1 aromatic carbocycles. The molecule has 0 aliphatic heterocycles. The number of anilines is 1. The van der Waals surface area contributed by atoms with Gasteiger partial charge < -0.3 is 10.0 Å². The van der Waals surface area contributed by atoms with Crippen molar-refractivity contribution in [2.24, 2.45) is 0 Å². The monoisotopic (exact) mass is 249 g/mol. The molecule has 0 spiro atoms. The Kier molecular flexibility index (Phi) is 2.93. The summed E-state index contributed by atoms with van der Waals surface area (Å²) in [5.41, 5.74) is -0.504. The van der Waals surface area contributed by atoms with Gasteiger partial charge in [-0.15, -0.1) is 11.3 Å². The fourth-order valence-electron chi connectivity index (χ4n) is 1.74. The van der Waals surface area contributed by atoms with Crippen LogP contribution in [0.25, 0.3) is 10.1 Å². The second-order valence-corrected chi connectivity index (χ2v) is 5.45. The molecule has 0 atom stereocenters. The normalized spacial score (nSPS) is 11.8. The number of hydrogen-bond acceptors (Lipinski definition) is 3. The first-order chi connectivity index (χ1) is 7.91. The zero-order valence-corrected chi connectivity index (χ0v) is 10.9. The van der Waals surface area contributed by atoms with E-state index in [2.05, 4.69) is 0 Å². The molecular weight excluding hydrogens is 234 g/mol. The minimum Gasteiger partial charge on any atom is -0.381 e. The lowest BCUT2D eigenvalue weighted by Crippen LogP contribution is -2.43. The van der Waals surface area contributed by atoms with Gasteiger partial charge in [0.1, 0.15) is 5.60 Å². The lowest BCUT2D eigenvalue weighted by molar-refractivity contribution is -0.133. The van der Waals surface area contributed by atoms with E-state index >= 15 is 0 Å². The Morgan fingerprint density at radius 1 is 1.35 bits per heavy atom.